The molecule has 1 amide bonds. The second kappa shape index (κ2) is 6.49. The van der Waals surface area contributed by atoms with Gasteiger partial charge in [0.2, 0.25) is 0 Å². The Morgan fingerprint density at radius 2 is 1.80 bits per heavy atom. The molecule has 1 N–H and O–H groups in total. The van der Waals surface area contributed by atoms with E-state index in [1.165, 1.54) is 6.07 Å². The van der Waals surface area contributed by atoms with E-state index < -0.39 is 43.0 Å². The standard InChI is InChI=1S/C15H17F3N4O3/c16-15(17,18)10-8-22(7-9(10)14(24)25)13(23)11-3-4-12(20-19-11)21-5-1-2-6-21/h3-4,9-10H,1-2,5-8H2,(H,24,25)/t9-,10-/m1/s1. The number of amides is 1. The van der Waals surface area contributed by atoms with E-state index in [1.807, 2.05) is 4.90 Å². The van der Waals surface area contributed by atoms with Gasteiger partial charge >= 0.3 is 12.1 Å². The fourth-order valence-corrected chi connectivity index (χ4v) is 3.27. The van der Waals surface area contributed by atoms with Crippen molar-refractivity contribution < 1.29 is 27.9 Å². The van der Waals surface area contributed by atoms with Crippen molar-refractivity contribution in [2.24, 2.45) is 11.8 Å². The van der Waals surface area contributed by atoms with Crippen molar-refractivity contribution in [1.82, 2.24) is 15.1 Å². The topological polar surface area (TPSA) is 86.6 Å². The molecule has 2 aliphatic heterocycles. The van der Waals surface area contributed by atoms with E-state index in [4.69, 9.17) is 5.11 Å². The van der Waals surface area contributed by atoms with Crippen LogP contribution in [0.25, 0.3) is 0 Å². The average molecular weight is 358 g/mol. The van der Waals surface area contributed by atoms with Gasteiger partial charge in [-0.3, -0.25) is 9.59 Å². The van der Waals surface area contributed by atoms with Gasteiger partial charge in [-0.25, -0.2) is 0 Å². The highest BCUT2D eigenvalue weighted by molar-refractivity contribution is 5.93. The van der Waals surface area contributed by atoms with E-state index in [0.29, 0.717) is 5.82 Å². The smallest absolute Gasteiger partial charge is 0.394 e. The van der Waals surface area contributed by atoms with Gasteiger partial charge in [0.15, 0.2) is 11.5 Å². The lowest BCUT2D eigenvalue weighted by Gasteiger charge is -2.18. The first-order chi connectivity index (χ1) is 11.8. The summed E-state index contributed by atoms with van der Waals surface area (Å²) >= 11 is 0. The first-order valence-corrected chi connectivity index (χ1v) is 7.95. The second-order valence-corrected chi connectivity index (χ2v) is 6.27. The van der Waals surface area contributed by atoms with E-state index in [-0.39, 0.29) is 5.69 Å². The highest BCUT2D eigenvalue weighted by Gasteiger charge is 2.53. The molecular weight excluding hydrogens is 341 g/mol. The third kappa shape index (κ3) is 3.52. The molecule has 0 aliphatic carbocycles. The predicted octanol–water partition coefficient (Wildman–Crippen LogP) is 1.41. The largest absolute Gasteiger partial charge is 0.481 e. The number of carbonyl (C=O) groups is 2. The molecule has 3 heterocycles. The van der Waals surface area contributed by atoms with Crippen LogP contribution < -0.4 is 4.90 Å². The molecule has 0 radical (unpaired) electrons. The Balaban J connectivity index is 1.73. The van der Waals surface area contributed by atoms with Crippen LogP contribution in [0.1, 0.15) is 23.3 Å². The number of hydrogen-bond donors (Lipinski definition) is 1. The van der Waals surface area contributed by atoms with Gasteiger partial charge in [-0.1, -0.05) is 0 Å². The van der Waals surface area contributed by atoms with Crippen LogP contribution in [0.4, 0.5) is 19.0 Å². The van der Waals surface area contributed by atoms with Gasteiger partial charge in [0, 0.05) is 26.2 Å². The molecule has 0 aromatic carbocycles. The van der Waals surface area contributed by atoms with Crippen molar-refractivity contribution in [1.29, 1.82) is 0 Å². The van der Waals surface area contributed by atoms with Crippen LogP contribution in [0.3, 0.4) is 0 Å². The summed E-state index contributed by atoms with van der Waals surface area (Å²) < 4.78 is 39.0. The minimum Gasteiger partial charge on any atom is -0.481 e. The third-order valence-electron chi connectivity index (χ3n) is 4.64. The summed E-state index contributed by atoms with van der Waals surface area (Å²) in [6.45, 7) is 0.520. The minimum absolute atomic E-state index is 0.0880. The zero-order chi connectivity index (χ0) is 18.2. The van der Waals surface area contributed by atoms with Crippen molar-refractivity contribution in [3.05, 3.63) is 17.8 Å². The average Bonchev–Trinajstić information content (AvgIpc) is 3.23. The maximum atomic E-state index is 13.0. The Bertz CT molecular complexity index is 659. The van der Waals surface area contributed by atoms with Crippen molar-refractivity contribution >= 4 is 17.7 Å². The molecular formula is C15H17F3N4O3. The zero-order valence-corrected chi connectivity index (χ0v) is 13.2. The predicted molar refractivity (Wildman–Crippen MR) is 80.1 cm³/mol. The number of hydrogen-bond acceptors (Lipinski definition) is 5. The molecule has 2 saturated heterocycles. The quantitative estimate of drug-likeness (QED) is 0.879. The number of carboxylic acid groups (broad SMARTS) is 1. The monoisotopic (exact) mass is 358 g/mol. The number of alkyl halides is 3. The van der Waals surface area contributed by atoms with E-state index in [2.05, 4.69) is 10.2 Å². The number of likely N-dealkylation sites (tertiary alicyclic amines) is 1. The van der Waals surface area contributed by atoms with Crippen LogP contribution in [-0.2, 0) is 4.79 Å². The second-order valence-electron chi connectivity index (χ2n) is 6.27. The fraction of sp³-hybridized carbons (Fsp3) is 0.600. The maximum absolute atomic E-state index is 13.0. The van der Waals surface area contributed by atoms with Crippen molar-refractivity contribution in [3.8, 4) is 0 Å². The molecule has 7 nitrogen and oxygen atoms in total. The van der Waals surface area contributed by atoms with Gasteiger partial charge in [0.05, 0.1) is 11.8 Å². The van der Waals surface area contributed by atoms with E-state index in [9.17, 15) is 22.8 Å². The molecule has 2 atom stereocenters. The number of carbonyl (C=O) groups excluding carboxylic acids is 1. The summed E-state index contributed by atoms with van der Waals surface area (Å²) in [4.78, 5) is 26.3. The molecule has 0 spiro atoms. The molecule has 0 bridgehead atoms. The first-order valence-electron chi connectivity index (χ1n) is 7.95. The molecule has 3 rings (SSSR count). The lowest BCUT2D eigenvalue weighted by molar-refractivity contribution is -0.187. The van der Waals surface area contributed by atoms with Gasteiger partial charge in [-0.05, 0) is 25.0 Å². The van der Waals surface area contributed by atoms with Gasteiger partial charge in [0.1, 0.15) is 0 Å². The minimum atomic E-state index is -4.68. The van der Waals surface area contributed by atoms with Crippen molar-refractivity contribution in [2.75, 3.05) is 31.1 Å². The highest BCUT2D eigenvalue weighted by atomic mass is 19.4. The van der Waals surface area contributed by atoms with Crippen LogP contribution in [0, 0.1) is 11.8 Å². The van der Waals surface area contributed by atoms with Crippen LogP contribution in [0.2, 0.25) is 0 Å². The van der Waals surface area contributed by atoms with Gasteiger partial charge in [0.25, 0.3) is 5.91 Å². The molecule has 2 aliphatic rings. The molecule has 136 valence electrons. The molecule has 0 saturated carbocycles. The Morgan fingerprint density at radius 3 is 2.28 bits per heavy atom. The summed E-state index contributed by atoms with van der Waals surface area (Å²) in [5.41, 5.74) is -0.0880. The molecule has 10 heteroatoms. The fourth-order valence-electron chi connectivity index (χ4n) is 3.27. The summed E-state index contributed by atoms with van der Waals surface area (Å²) in [6.07, 6.45) is -2.58. The first kappa shape index (κ1) is 17.4. The number of carboxylic acids is 1. The Labute approximate surface area is 141 Å². The number of aliphatic carboxylic acids is 1. The number of rotatable bonds is 3. The van der Waals surface area contributed by atoms with E-state index >= 15 is 0 Å². The summed E-state index contributed by atoms with van der Waals surface area (Å²) in [7, 11) is 0. The van der Waals surface area contributed by atoms with Gasteiger partial charge in [-0.15, -0.1) is 10.2 Å². The molecule has 0 unspecified atom stereocenters. The summed E-state index contributed by atoms with van der Waals surface area (Å²) in [5, 5.41) is 16.8. The highest BCUT2D eigenvalue weighted by Crippen LogP contribution is 2.38. The number of halogens is 3. The Kier molecular flexibility index (Phi) is 4.53. The van der Waals surface area contributed by atoms with Crippen molar-refractivity contribution in [2.45, 2.75) is 19.0 Å². The van der Waals surface area contributed by atoms with Crippen molar-refractivity contribution in [3.63, 3.8) is 0 Å². The van der Waals surface area contributed by atoms with Crippen LogP contribution in [0.15, 0.2) is 12.1 Å². The maximum Gasteiger partial charge on any atom is 0.394 e. The van der Waals surface area contributed by atoms with Crippen LogP contribution in [0.5, 0.6) is 0 Å². The Morgan fingerprint density at radius 1 is 1.12 bits per heavy atom. The molecule has 1 aromatic rings. The zero-order valence-electron chi connectivity index (χ0n) is 13.2. The number of aromatic nitrogens is 2. The van der Waals surface area contributed by atoms with E-state index in [1.54, 1.807) is 6.07 Å². The SMILES string of the molecule is O=C(O)[C@@H]1CN(C(=O)c2ccc(N3CCCC3)nn2)C[C@H]1C(F)(F)F. The van der Waals surface area contributed by atoms with Gasteiger partial charge in [-0.2, -0.15) is 13.2 Å². The normalized spacial score (nSPS) is 24.0. The third-order valence-corrected chi connectivity index (χ3v) is 4.64. The summed E-state index contributed by atoms with van der Waals surface area (Å²) in [6, 6.07) is 3.03. The number of nitrogens with zero attached hydrogens (tertiary/aromatic N) is 4. The lowest BCUT2D eigenvalue weighted by Crippen LogP contribution is -2.34. The number of anilines is 1. The molecule has 25 heavy (non-hydrogen) atoms. The molecule has 2 fully saturated rings. The molecule has 1 aromatic heterocycles. The summed E-state index contributed by atoms with van der Waals surface area (Å²) in [5.74, 6) is -5.43. The lowest BCUT2D eigenvalue weighted by atomic mass is 9.96. The van der Waals surface area contributed by atoms with Crippen LogP contribution in [-0.4, -0.2) is 64.4 Å². The Hall–Kier alpha value is -2.39. The van der Waals surface area contributed by atoms with Gasteiger partial charge < -0.3 is 14.9 Å². The van der Waals surface area contributed by atoms with Crippen LogP contribution >= 0.6 is 0 Å². The van der Waals surface area contributed by atoms with E-state index in [0.717, 1.165) is 30.8 Å².